The third kappa shape index (κ3) is 11.8. The van der Waals surface area contributed by atoms with E-state index in [1.54, 1.807) is 25.4 Å². The van der Waals surface area contributed by atoms with Gasteiger partial charge < -0.3 is 10.5 Å². The maximum Gasteiger partial charge on any atom is 0.303 e. The first-order chi connectivity index (χ1) is 15.3. The van der Waals surface area contributed by atoms with Gasteiger partial charge in [-0.3, -0.25) is 14.5 Å². The Morgan fingerprint density at radius 1 is 1.28 bits per heavy atom. The van der Waals surface area contributed by atoms with Gasteiger partial charge in [0.1, 0.15) is 5.84 Å². The highest BCUT2D eigenvalue weighted by Gasteiger charge is 2.19. The molecule has 0 aliphatic heterocycles. The van der Waals surface area contributed by atoms with E-state index in [9.17, 15) is 14.0 Å². The van der Waals surface area contributed by atoms with E-state index in [0.717, 1.165) is 11.1 Å². The number of hydrazone groups is 1. The van der Waals surface area contributed by atoms with Gasteiger partial charge in [0, 0.05) is 32.5 Å². The number of carbonyl (C=O) groups is 2. The first kappa shape index (κ1) is 28.7. The number of rotatable bonds is 16. The van der Waals surface area contributed by atoms with Crippen molar-refractivity contribution in [2.75, 3.05) is 7.05 Å². The monoisotopic (exact) mass is 446 g/mol. The van der Waals surface area contributed by atoms with Crippen LogP contribution in [0.4, 0.5) is 4.39 Å². The van der Waals surface area contributed by atoms with Crippen LogP contribution in [0.5, 0.6) is 0 Å². The molecule has 0 saturated heterocycles. The zero-order chi connectivity index (χ0) is 24.4. The van der Waals surface area contributed by atoms with Gasteiger partial charge in [-0.25, -0.2) is 9.38 Å². The van der Waals surface area contributed by atoms with Crippen LogP contribution in [0.2, 0.25) is 0 Å². The van der Waals surface area contributed by atoms with Crippen molar-refractivity contribution in [3.8, 4) is 0 Å². The lowest BCUT2D eigenvalue weighted by molar-refractivity contribution is -0.137. The smallest absolute Gasteiger partial charge is 0.303 e. The van der Waals surface area contributed by atoms with E-state index in [2.05, 4.69) is 23.7 Å². The summed E-state index contributed by atoms with van der Waals surface area (Å²) in [4.78, 5) is 29.2. The molecule has 0 aromatic rings. The topological polar surface area (TPSA) is 94.4 Å². The summed E-state index contributed by atoms with van der Waals surface area (Å²) in [5.74, 6) is -0.507. The molecule has 32 heavy (non-hydrogen) atoms. The van der Waals surface area contributed by atoms with Gasteiger partial charge in [-0.2, -0.15) is 5.10 Å². The van der Waals surface area contributed by atoms with Gasteiger partial charge in [0.25, 0.3) is 0 Å². The van der Waals surface area contributed by atoms with E-state index in [0.29, 0.717) is 50.0 Å². The van der Waals surface area contributed by atoms with Crippen molar-refractivity contribution in [3.05, 3.63) is 60.6 Å². The Bertz CT molecular complexity index is 782. The minimum atomic E-state index is -0.923. The lowest BCUT2D eigenvalue weighted by Crippen LogP contribution is -2.38. The van der Waals surface area contributed by atoms with Gasteiger partial charge in [-0.1, -0.05) is 30.4 Å². The number of halogens is 1. The summed E-state index contributed by atoms with van der Waals surface area (Å²) in [7, 11) is 1.71. The molecule has 176 valence electrons. The van der Waals surface area contributed by atoms with E-state index >= 15 is 0 Å². The fourth-order valence-electron chi connectivity index (χ4n) is 2.72. The molecule has 0 fully saturated rings. The SMILES string of the molecule is C=C/C(C)=C(\C=C(/C)C/C=N\NC)N=C(CCCC(=O)O)N(C=O)C(C=C)CC/C=C/F. The highest BCUT2D eigenvalue weighted by molar-refractivity contribution is 5.92. The average Bonchev–Trinajstić information content (AvgIpc) is 2.77. The zero-order valence-electron chi connectivity index (χ0n) is 19.3. The summed E-state index contributed by atoms with van der Waals surface area (Å²) in [5.41, 5.74) is 5.09. The molecule has 0 radical (unpaired) electrons. The Hall–Kier alpha value is -3.29. The molecule has 0 aromatic heterocycles. The molecule has 0 rings (SSSR count). The number of amides is 1. The standard InChI is InChI=1S/C24H35FN4O3/c1-6-20(4)22(17-19(3)14-16-27-26-5)28-23(12-10-13-24(31)32)29(18-30)21(7-2)11-8-9-15-25/h6-7,9,15-18,21,26H,1-2,8,10-14H2,3-5H3,(H,31,32)/b15-9+,19-17+,22-20+,27-16-,28-23?. The summed E-state index contributed by atoms with van der Waals surface area (Å²) >= 11 is 0. The van der Waals surface area contributed by atoms with Crippen molar-refractivity contribution in [3.63, 3.8) is 0 Å². The van der Waals surface area contributed by atoms with Gasteiger partial charge in [-0.05, 0) is 44.8 Å². The largest absolute Gasteiger partial charge is 0.481 e. The van der Waals surface area contributed by atoms with Crippen LogP contribution >= 0.6 is 0 Å². The van der Waals surface area contributed by atoms with Gasteiger partial charge in [0.05, 0.1) is 18.1 Å². The number of allylic oxidation sites excluding steroid dienone is 5. The molecule has 1 amide bonds. The molecule has 0 aromatic carbocycles. The highest BCUT2D eigenvalue weighted by atomic mass is 19.1. The Kier molecular flexibility index (Phi) is 15.6. The van der Waals surface area contributed by atoms with Crippen LogP contribution in [0.1, 0.15) is 52.4 Å². The molecule has 0 bridgehead atoms. The fourth-order valence-corrected chi connectivity index (χ4v) is 2.72. The summed E-state index contributed by atoms with van der Waals surface area (Å²) in [6.07, 6.45) is 11.4. The Morgan fingerprint density at radius 3 is 2.53 bits per heavy atom. The van der Waals surface area contributed by atoms with Crippen LogP contribution in [0.3, 0.4) is 0 Å². The second-order valence-corrected chi connectivity index (χ2v) is 7.03. The van der Waals surface area contributed by atoms with Gasteiger partial charge in [0.2, 0.25) is 6.41 Å². The normalized spacial score (nSPS) is 14.2. The summed E-state index contributed by atoms with van der Waals surface area (Å²) in [6, 6.07) is -0.412. The lowest BCUT2D eigenvalue weighted by atomic mass is 10.1. The summed E-state index contributed by atoms with van der Waals surface area (Å²) < 4.78 is 12.4. The first-order valence-corrected chi connectivity index (χ1v) is 10.4. The predicted octanol–water partition coefficient (Wildman–Crippen LogP) is 4.92. The number of carboxylic acids is 1. The summed E-state index contributed by atoms with van der Waals surface area (Å²) in [5, 5.41) is 13.0. The van der Waals surface area contributed by atoms with Crippen molar-refractivity contribution in [2.45, 2.75) is 58.4 Å². The number of aliphatic imine (C=N–C) groups is 1. The van der Waals surface area contributed by atoms with Crippen LogP contribution < -0.4 is 5.43 Å². The molecule has 0 spiro atoms. The van der Waals surface area contributed by atoms with Crippen molar-refractivity contribution < 1.29 is 19.1 Å². The minimum Gasteiger partial charge on any atom is -0.481 e. The van der Waals surface area contributed by atoms with E-state index in [1.165, 1.54) is 11.0 Å². The van der Waals surface area contributed by atoms with E-state index in [1.807, 2.05) is 19.9 Å². The molecular weight excluding hydrogens is 411 g/mol. The van der Waals surface area contributed by atoms with Crippen LogP contribution in [0.25, 0.3) is 0 Å². The average molecular weight is 447 g/mol. The number of aliphatic carboxylic acids is 1. The van der Waals surface area contributed by atoms with Crippen LogP contribution in [-0.2, 0) is 9.59 Å². The third-order valence-corrected chi connectivity index (χ3v) is 4.53. The number of hydrogen-bond acceptors (Lipinski definition) is 5. The van der Waals surface area contributed by atoms with Crippen molar-refractivity contribution in [1.82, 2.24) is 10.3 Å². The lowest BCUT2D eigenvalue weighted by Gasteiger charge is -2.27. The molecule has 7 nitrogen and oxygen atoms in total. The van der Waals surface area contributed by atoms with Gasteiger partial charge in [-0.15, -0.1) is 6.58 Å². The van der Waals surface area contributed by atoms with Crippen molar-refractivity contribution >= 4 is 24.4 Å². The molecule has 1 unspecified atom stereocenters. The third-order valence-electron chi connectivity index (χ3n) is 4.53. The Morgan fingerprint density at radius 2 is 2.00 bits per heavy atom. The van der Waals surface area contributed by atoms with Crippen LogP contribution in [0, 0.1) is 0 Å². The molecule has 0 aliphatic carbocycles. The number of nitrogens with zero attached hydrogens (tertiary/aromatic N) is 3. The summed E-state index contributed by atoms with van der Waals surface area (Å²) in [6.45, 7) is 11.4. The number of amidine groups is 1. The maximum absolute atomic E-state index is 12.4. The zero-order valence-corrected chi connectivity index (χ0v) is 19.3. The molecule has 0 saturated carbocycles. The van der Waals surface area contributed by atoms with Crippen LogP contribution in [0.15, 0.2) is 70.7 Å². The van der Waals surface area contributed by atoms with Crippen molar-refractivity contribution in [2.24, 2.45) is 10.1 Å². The number of carboxylic acid groups (broad SMARTS) is 1. The predicted molar refractivity (Wildman–Crippen MR) is 129 cm³/mol. The molecule has 8 heteroatoms. The fraction of sp³-hybridized carbons (Fsp3) is 0.417. The highest BCUT2D eigenvalue weighted by Crippen LogP contribution is 2.18. The molecule has 1 atom stereocenters. The number of nitrogens with one attached hydrogen (secondary N) is 1. The Balaban J connectivity index is 6.22. The molecular formula is C24H35FN4O3. The van der Waals surface area contributed by atoms with E-state index in [4.69, 9.17) is 10.1 Å². The van der Waals surface area contributed by atoms with E-state index in [-0.39, 0.29) is 12.8 Å². The van der Waals surface area contributed by atoms with Crippen LogP contribution in [-0.4, -0.2) is 47.5 Å². The second-order valence-electron chi connectivity index (χ2n) is 7.03. The molecule has 0 aliphatic rings. The molecule has 0 heterocycles. The van der Waals surface area contributed by atoms with E-state index < -0.39 is 12.0 Å². The number of carbonyl (C=O) groups excluding carboxylic acids is 1. The first-order valence-electron chi connectivity index (χ1n) is 10.4. The second kappa shape index (κ2) is 17.4. The van der Waals surface area contributed by atoms with Gasteiger partial charge in [0.15, 0.2) is 0 Å². The number of hydrogen-bond donors (Lipinski definition) is 2. The Labute approximate surface area is 190 Å². The maximum atomic E-state index is 12.4. The minimum absolute atomic E-state index is 0.0517. The molecule has 2 N–H and O–H groups in total. The van der Waals surface area contributed by atoms with Gasteiger partial charge >= 0.3 is 5.97 Å². The van der Waals surface area contributed by atoms with Crippen molar-refractivity contribution in [1.29, 1.82) is 0 Å². The quantitative estimate of drug-likeness (QED) is 0.0879.